The Morgan fingerprint density at radius 1 is 1.00 bits per heavy atom. The molecule has 6 heteroatoms. The highest BCUT2D eigenvalue weighted by Crippen LogP contribution is 2.22. The van der Waals surface area contributed by atoms with E-state index < -0.39 is 16.0 Å². The summed E-state index contributed by atoms with van der Waals surface area (Å²) in [7, 11) is -3.60. The summed E-state index contributed by atoms with van der Waals surface area (Å²) in [6.45, 7) is 5.18. The normalized spacial score (nSPS) is 15.8. The van der Waals surface area contributed by atoms with Crippen molar-refractivity contribution in [1.29, 1.82) is 0 Å². The highest BCUT2D eigenvalue weighted by atomic mass is 32.2. The maximum atomic E-state index is 13.0. The van der Waals surface area contributed by atoms with Crippen molar-refractivity contribution in [3.63, 3.8) is 0 Å². The number of benzene rings is 2. The average Bonchev–Trinajstić information content (AvgIpc) is 2.98. The van der Waals surface area contributed by atoms with Gasteiger partial charge in [-0.1, -0.05) is 42.7 Å². The first kappa shape index (κ1) is 20.6. The molecule has 0 atom stereocenters. The molecular formula is C22H27NO4S. The fourth-order valence-electron chi connectivity index (χ4n) is 3.40. The molecule has 0 saturated carbocycles. The molecule has 28 heavy (non-hydrogen) atoms. The fourth-order valence-corrected chi connectivity index (χ4v) is 4.96. The van der Waals surface area contributed by atoms with Gasteiger partial charge >= 0.3 is 5.97 Å². The molecule has 0 amide bonds. The second-order valence-corrected chi connectivity index (χ2v) is 9.29. The summed E-state index contributed by atoms with van der Waals surface area (Å²) in [4.78, 5) is 12.6. The Balaban J connectivity index is 1.74. The van der Waals surface area contributed by atoms with Crippen LogP contribution in [-0.4, -0.2) is 31.8 Å². The third kappa shape index (κ3) is 4.80. The van der Waals surface area contributed by atoms with Crippen molar-refractivity contribution in [2.45, 2.75) is 51.0 Å². The molecule has 1 aliphatic rings. The van der Waals surface area contributed by atoms with Gasteiger partial charge in [0.05, 0.1) is 10.5 Å². The number of hydrogen-bond acceptors (Lipinski definition) is 4. The Morgan fingerprint density at radius 3 is 2.43 bits per heavy atom. The van der Waals surface area contributed by atoms with Crippen LogP contribution >= 0.6 is 0 Å². The zero-order valence-electron chi connectivity index (χ0n) is 16.5. The van der Waals surface area contributed by atoms with E-state index in [0.717, 1.165) is 42.4 Å². The van der Waals surface area contributed by atoms with Crippen LogP contribution in [0, 0.1) is 13.8 Å². The molecule has 1 fully saturated rings. The summed E-state index contributed by atoms with van der Waals surface area (Å²) in [5, 5.41) is 0. The summed E-state index contributed by atoms with van der Waals surface area (Å²) in [6.07, 6.45) is 3.85. The number of hydrogen-bond donors (Lipinski definition) is 0. The van der Waals surface area contributed by atoms with Crippen molar-refractivity contribution in [3.05, 3.63) is 64.7 Å². The number of nitrogens with zero attached hydrogens (tertiary/aromatic N) is 1. The minimum absolute atomic E-state index is 0.149. The molecule has 0 aromatic heterocycles. The predicted octanol–water partition coefficient (Wildman–Crippen LogP) is 4.23. The molecule has 3 rings (SSSR count). The van der Waals surface area contributed by atoms with Crippen LogP contribution in [0.5, 0.6) is 0 Å². The minimum atomic E-state index is -3.60. The largest absolute Gasteiger partial charge is 0.457 e. The number of rotatable bonds is 5. The second kappa shape index (κ2) is 8.88. The van der Waals surface area contributed by atoms with E-state index in [1.54, 1.807) is 18.2 Å². The van der Waals surface area contributed by atoms with Gasteiger partial charge < -0.3 is 4.74 Å². The number of carbonyl (C=O) groups excluding carboxylic acids is 1. The molecule has 0 bridgehead atoms. The van der Waals surface area contributed by atoms with E-state index in [2.05, 4.69) is 0 Å². The number of aryl methyl sites for hydroxylation is 2. The van der Waals surface area contributed by atoms with Gasteiger partial charge in [-0.2, -0.15) is 4.31 Å². The van der Waals surface area contributed by atoms with Crippen LogP contribution < -0.4 is 0 Å². The predicted molar refractivity (Wildman–Crippen MR) is 109 cm³/mol. The van der Waals surface area contributed by atoms with Crippen LogP contribution in [-0.2, 0) is 21.4 Å². The van der Waals surface area contributed by atoms with Gasteiger partial charge in [0.1, 0.15) is 6.61 Å². The lowest BCUT2D eigenvalue weighted by Crippen LogP contribution is -2.32. The van der Waals surface area contributed by atoms with E-state index in [4.69, 9.17) is 4.74 Å². The highest BCUT2D eigenvalue weighted by molar-refractivity contribution is 7.89. The number of sulfonamides is 1. The van der Waals surface area contributed by atoms with Crippen molar-refractivity contribution < 1.29 is 17.9 Å². The van der Waals surface area contributed by atoms with Gasteiger partial charge in [0.15, 0.2) is 0 Å². The van der Waals surface area contributed by atoms with Crippen LogP contribution in [0.3, 0.4) is 0 Å². The van der Waals surface area contributed by atoms with E-state index >= 15 is 0 Å². The Bertz CT molecular complexity index is 945. The molecule has 1 aliphatic heterocycles. The van der Waals surface area contributed by atoms with E-state index in [1.807, 2.05) is 32.0 Å². The highest BCUT2D eigenvalue weighted by Gasteiger charge is 2.26. The SMILES string of the molecule is Cc1ccc(C)c(COC(=O)c2cccc(S(=O)(=O)N3CCCCCC3)c2)c1. The van der Waals surface area contributed by atoms with Gasteiger partial charge in [-0.15, -0.1) is 0 Å². The topological polar surface area (TPSA) is 63.7 Å². The maximum Gasteiger partial charge on any atom is 0.338 e. The van der Waals surface area contributed by atoms with Crippen LogP contribution in [0.2, 0.25) is 0 Å². The molecule has 1 saturated heterocycles. The minimum Gasteiger partial charge on any atom is -0.457 e. The van der Waals surface area contributed by atoms with Gasteiger partial charge in [-0.05, 0) is 56.0 Å². The first-order valence-electron chi connectivity index (χ1n) is 9.71. The molecule has 0 N–H and O–H groups in total. The number of esters is 1. The molecule has 0 spiro atoms. The van der Waals surface area contributed by atoms with E-state index in [-0.39, 0.29) is 17.1 Å². The molecule has 0 unspecified atom stereocenters. The van der Waals surface area contributed by atoms with Gasteiger partial charge in [0.25, 0.3) is 0 Å². The molecule has 150 valence electrons. The van der Waals surface area contributed by atoms with E-state index in [9.17, 15) is 13.2 Å². The molecular weight excluding hydrogens is 374 g/mol. The van der Waals surface area contributed by atoms with Gasteiger partial charge in [0.2, 0.25) is 10.0 Å². The van der Waals surface area contributed by atoms with Crippen LogP contribution in [0.4, 0.5) is 0 Å². The maximum absolute atomic E-state index is 13.0. The summed E-state index contributed by atoms with van der Waals surface area (Å²) >= 11 is 0. The monoisotopic (exact) mass is 401 g/mol. The zero-order valence-corrected chi connectivity index (χ0v) is 17.3. The molecule has 0 aliphatic carbocycles. The number of carbonyl (C=O) groups is 1. The second-order valence-electron chi connectivity index (χ2n) is 7.35. The van der Waals surface area contributed by atoms with Crippen molar-refractivity contribution in [1.82, 2.24) is 4.31 Å². The lowest BCUT2D eigenvalue weighted by molar-refractivity contribution is 0.0471. The molecule has 5 nitrogen and oxygen atoms in total. The Kier molecular flexibility index (Phi) is 6.52. The molecule has 2 aromatic carbocycles. The van der Waals surface area contributed by atoms with E-state index in [1.165, 1.54) is 10.4 Å². The Morgan fingerprint density at radius 2 is 1.71 bits per heavy atom. The van der Waals surface area contributed by atoms with Crippen LogP contribution in [0.15, 0.2) is 47.4 Å². The third-order valence-corrected chi connectivity index (χ3v) is 7.03. The number of ether oxygens (including phenoxy) is 1. The molecule has 1 heterocycles. The van der Waals surface area contributed by atoms with Crippen molar-refractivity contribution in [2.24, 2.45) is 0 Å². The van der Waals surface area contributed by atoms with Gasteiger partial charge in [-0.25, -0.2) is 13.2 Å². The average molecular weight is 402 g/mol. The van der Waals surface area contributed by atoms with Crippen LogP contribution in [0.25, 0.3) is 0 Å². The zero-order chi connectivity index (χ0) is 20.1. The summed E-state index contributed by atoms with van der Waals surface area (Å²) < 4.78 is 32.9. The fraction of sp³-hybridized carbons (Fsp3) is 0.409. The standard InChI is InChI=1S/C22H27NO4S/c1-17-10-11-18(2)20(14-17)16-27-22(24)19-8-7-9-21(15-19)28(25,26)23-12-5-3-4-6-13-23/h7-11,14-15H,3-6,12-13,16H2,1-2H3. The van der Waals surface area contributed by atoms with Crippen molar-refractivity contribution in [2.75, 3.05) is 13.1 Å². The van der Waals surface area contributed by atoms with E-state index in [0.29, 0.717) is 13.1 Å². The van der Waals surface area contributed by atoms with Gasteiger partial charge in [0, 0.05) is 13.1 Å². The van der Waals surface area contributed by atoms with Crippen molar-refractivity contribution >= 4 is 16.0 Å². The van der Waals surface area contributed by atoms with Crippen LogP contribution in [0.1, 0.15) is 52.7 Å². The lowest BCUT2D eigenvalue weighted by Gasteiger charge is -2.20. The third-order valence-electron chi connectivity index (χ3n) is 5.14. The quantitative estimate of drug-likeness (QED) is 0.704. The Labute approximate surface area is 167 Å². The first-order valence-corrected chi connectivity index (χ1v) is 11.2. The lowest BCUT2D eigenvalue weighted by atomic mass is 10.1. The smallest absolute Gasteiger partial charge is 0.338 e. The molecule has 0 radical (unpaired) electrons. The summed E-state index contributed by atoms with van der Waals surface area (Å²) in [5.41, 5.74) is 3.35. The van der Waals surface area contributed by atoms with Gasteiger partial charge in [-0.3, -0.25) is 0 Å². The first-order chi connectivity index (χ1) is 13.4. The summed E-state index contributed by atoms with van der Waals surface area (Å²) in [5.74, 6) is -0.520. The van der Waals surface area contributed by atoms with Crippen molar-refractivity contribution in [3.8, 4) is 0 Å². The Hall–Kier alpha value is -2.18. The summed E-state index contributed by atoms with van der Waals surface area (Å²) in [6, 6.07) is 12.1. The molecule has 2 aromatic rings.